The van der Waals surface area contributed by atoms with E-state index >= 15 is 0 Å². The van der Waals surface area contributed by atoms with Crippen molar-refractivity contribution in [3.63, 3.8) is 0 Å². The van der Waals surface area contributed by atoms with E-state index in [1.807, 2.05) is 60.7 Å². The first-order chi connectivity index (χ1) is 11.4. The molecule has 0 aromatic heterocycles. The van der Waals surface area contributed by atoms with E-state index in [2.05, 4.69) is 0 Å². The van der Waals surface area contributed by atoms with Gasteiger partial charge in [0.1, 0.15) is 0 Å². The molecule has 0 spiro atoms. The fourth-order valence-corrected chi connectivity index (χ4v) is 3.11. The Bertz CT molecular complexity index is 697. The maximum atomic E-state index is 12.4. The Morgan fingerprint density at radius 3 is 2.08 bits per heavy atom. The first kappa shape index (κ1) is 16.5. The predicted octanol–water partition coefficient (Wildman–Crippen LogP) is 3.74. The minimum atomic E-state index is -1.37. The summed E-state index contributed by atoms with van der Waals surface area (Å²) in [5, 5.41) is 11.1. The summed E-state index contributed by atoms with van der Waals surface area (Å²) >= 11 is 0. The molecule has 0 radical (unpaired) electrons. The van der Waals surface area contributed by atoms with Gasteiger partial charge in [-0.1, -0.05) is 60.7 Å². The largest absolute Gasteiger partial charge is 0.438 e. The molecule has 1 aliphatic heterocycles. The van der Waals surface area contributed by atoms with E-state index in [9.17, 15) is 9.90 Å². The zero-order valence-corrected chi connectivity index (χ0v) is 14.1. The number of benzene rings is 2. The number of amides is 1. The van der Waals surface area contributed by atoms with Gasteiger partial charge in [-0.15, -0.1) is 0 Å². The summed E-state index contributed by atoms with van der Waals surface area (Å²) in [6.07, 6.45) is 0.820. The Morgan fingerprint density at radius 2 is 1.50 bits per heavy atom. The SMILES string of the molecule is CC1(CCc2ccccc2)OC(=O)N(Cc2ccccc2)C1(C)O. The van der Waals surface area contributed by atoms with Crippen LogP contribution in [0.25, 0.3) is 0 Å². The van der Waals surface area contributed by atoms with Crippen molar-refractivity contribution in [1.29, 1.82) is 0 Å². The molecule has 4 heteroatoms. The fourth-order valence-electron chi connectivity index (χ4n) is 3.11. The van der Waals surface area contributed by atoms with E-state index < -0.39 is 17.4 Å². The van der Waals surface area contributed by atoms with Crippen LogP contribution in [-0.2, 0) is 17.7 Å². The van der Waals surface area contributed by atoms with Crippen molar-refractivity contribution < 1.29 is 14.6 Å². The zero-order valence-electron chi connectivity index (χ0n) is 14.1. The third kappa shape index (κ3) is 3.02. The first-order valence-corrected chi connectivity index (χ1v) is 8.23. The second-order valence-corrected chi connectivity index (χ2v) is 6.68. The highest BCUT2D eigenvalue weighted by atomic mass is 16.6. The van der Waals surface area contributed by atoms with Gasteiger partial charge < -0.3 is 9.84 Å². The molecule has 1 heterocycles. The average molecular weight is 325 g/mol. The van der Waals surface area contributed by atoms with E-state index in [-0.39, 0.29) is 0 Å². The molecule has 4 nitrogen and oxygen atoms in total. The molecule has 2 aromatic rings. The van der Waals surface area contributed by atoms with Gasteiger partial charge in [-0.3, -0.25) is 4.90 Å². The highest BCUT2D eigenvalue weighted by molar-refractivity contribution is 5.72. The molecule has 0 saturated carbocycles. The molecule has 1 amide bonds. The normalized spacial score (nSPS) is 26.5. The van der Waals surface area contributed by atoms with E-state index in [1.165, 1.54) is 4.90 Å². The third-order valence-electron chi connectivity index (χ3n) is 4.98. The van der Waals surface area contributed by atoms with Gasteiger partial charge in [0, 0.05) is 0 Å². The van der Waals surface area contributed by atoms with Crippen molar-refractivity contribution in [2.45, 2.75) is 44.6 Å². The van der Waals surface area contributed by atoms with Crippen LogP contribution in [0, 0.1) is 0 Å². The topological polar surface area (TPSA) is 49.8 Å². The molecular formula is C20H23NO3. The lowest BCUT2D eigenvalue weighted by molar-refractivity contribution is -0.141. The number of aliphatic hydroxyl groups is 1. The molecule has 2 atom stereocenters. The van der Waals surface area contributed by atoms with Crippen LogP contribution in [0.5, 0.6) is 0 Å². The van der Waals surface area contributed by atoms with Crippen LogP contribution in [0.2, 0.25) is 0 Å². The van der Waals surface area contributed by atoms with Gasteiger partial charge >= 0.3 is 6.09 Å². The van der Waals surface area contributed by atoms with Gasteiger partial charge in [-0.2, -0.15) is 0 Å². The summed E-state index contributed by atoms with van der Waals surface area (Å²) in [7, 11) is 0. The van der Waals surface area contributed by atoms with E-state index in [1.54, 1.807) is 13.8 Å². The molecule has 1 aliphatic rings. The summed E-state index contributed by atoms with van der Waals surface area (Å²) in [4.78, 5) is 13.8. The summed E-state index contributed by atoms with van der Waals surface area (Å²) < 4.78 is 5.61. The number of aryl methyl sites for hydroxylation is 1. The van der Waals surface area contributed by atoms with Gasteiger partial charge in [0.05, 0.1) is 6.54 Å². The zero-order chi connectivity index (χ0) is 17.2. The van der Waals surface area contributed by atoms with Crippen molar-refractivity contribution in [3.8, 4) is 0 Å². The van der Waals surface area contributed by atoms with Gasteiger partial charge in [-0.05, 0) is 37.8 Å². The fraction of sp³-hybridized carbons (Fsp3) is 0.350. The summed E-state index contributed by atoms with van der Waals surface area (Å²) in [5.74, 6) is 0. The number of hydrogen-bond donors (Lipinski definition) is 1. The standard InChI is InChI=1S/C20H23NO3/c1-19(14-13-16-9-5-3-6-10-16)20(2,23)21(18(22)24-19)15-17-11-7-4-8-12-17/h3-12,23H,13-15H2,1-2H3. The number of rotatable bonds is 5. The number of hydrogen-bond acceptors (Lipinski definition) is 3. The highest BCUT2D eigenvalue weighted by Crippen LogP contribution is 2.41. The molecule has 24 heavy (non-hydrogen) atoms. The van der Waals surface area contributed by atoms with Crippen molar-refractivity contribution in [2.24, 2.45) is 0 Å². The van der Waals surface area contributed by atoms with E-state index in [0.717, 1.165) is 17.5 Å². The van der Waals surface area contributed by atoms with Crippen LogP contribution in [0.1, 0.15) is 31.4 Å². The Hall–Kier alpha value is -2.33. The molecule has 2 aromatic carbocycles. The first-order valence-electron chi connectivity index (χ1n) is 8.23. The van der Waals surface area contributed by atoms with Crippen LogP contribution in [0.15, 0.2) is 60.7 Å². The van der Waals surface area contributed by atoms with Gasteiger partial charge in [0.2, 0.25) is 0 Å². The minimum Gasteiger partial charge on any atom is -0.438 e. The maximum Gasteiger partial charge on any atom is 0.413 e. The third-order valence-corrected chi connectivity index (χ3v) is 4.98. The predicted molar refractivity (Wildman–Crippen MR) is 92.3 cm³/mol. The quantitative estimate of drug-likeness (QED) is 0.911. The van der Waals surface area contributed by atoms with Gasteiger partial charge in [0.15, 0.2) is 11.3 Å². The van der Waals surface area contributed by atoms with Crippen molar-refractivity contribution >= 4 is 6.09 Å². The van der Waals surface area contributed by atoms with Crippen molar-refractivity contribution in [3.05, 3.63) is 71.8 Å². The lowest BCUT2D eigenvalue weighted by Crippen LogP contribution is -2.54. The molecular weight excluding hydrogens is 302 g/mol. The Morgan fingerprint density at radius 1 is 0.958 bits per heavy atom. The van der Waals surface area contributed by atoms with E-state index in [0.29, 0.717) is 13.0 Å². The number of ether oxygens (including phenoxy) is 1. The second-order valence-electron chi connectivity index (χ2n) is 6.68. The summed E-state index contributed by atoms with van der Waals surface area (Å²) in [6, 6.07) is 19.6. The monoisotopic (exact) mass is 325 g/mol. The molecule has 3 rings (SSSR count). The Kier molecular flexibility index (Phi) is 4.33. The summed E-state index contributed by atoms with van der Waals surface area (Å²) in [6.45, 7) is 3.79. The second kappa shape index (κ2) is 6.29. The highest BCUT2D eigenvalue weighted by Gasteiger charge is 2.58. The van der Waals surface area contributed by atoms with Crippen LogP contribution in [0.4, 0.5) is 4.79 Å². The smallest absolute Gasteiger partial charge is 0.413 e. The Labute approximate surface area is 142 Å². The molecule has 2 unspecified atom stereocenters. The number of carbonyl (C=O) groups excluding carboxylic acids is 1. The number of nitrogens with zero attached hydrogens (tertiary/aromatic N) is 1. The molecule has 126 valence electrons. The van der Waals surface area contributed by atoms with Gasteiger partial charge in [-0.25, -0.2) is 4.79 Å². The minimum absolute atomic E-state index is 0.327. The van der Waals surface area contributed by atoms with Crippen LogP contribution in [-0.4, -0.2) is 27.4 Å². The number of carbonyl (C=O) groups is 1. The molecule has 1 fully saturated rings. The molecule has 1 N–H and O–H groups in total. The molecule has 0 bridgehead atoms. The number of cyclic esters (lactones) is 1. The van der Waals surface area contributed by atoms with Crippen LogP contribution in [0.3, 0.4) is 0 Å². The maximum absolute atomic E-state index is 12.4. The van der Waals surface area contributed by atoms with Crippen molar-refractivity contribution in [1.82, 2.24) is 4.90 Å². The van der Waals surface area contributed by atoms with Crippen LogP contribution >= 0.6 is 0 Å². The van der Waals surface area contributed by atoms with Crippen molar-refractivity contribution in [2.75, 3.05) is 0 Å². The lowest BCUT2D eigenvalue weighted by atomic mass is 9.87. The van der Waals surface area contributed by atoms with Gasteiger partial charge in [0.25, 0.3) is 0 Å². The molecule has 0 aliphatic carbocycles. The summed E-state index contributed by atoms with van der Waals surface area (Å²) in [5.41, 5.74) is -0.197. The van der Waals surface area contributed by atoms with Crippen LogP contribution < -0.4 is 0 Å². The van der Waals surface area contributed by atoms with E-state index in [4.69, 9.17) is 4.74 Å². The Balaban J connectivity index is 1.76. The molecule has 1 saturated heterocycles. The lowest BCUT2D eigenvalue weighted by Gasteiger charge is -2.37. The average Bonchev–Trinajstić information content (AvgIpc) is 2.75.